The van der Waals surface area contributed by atoms with E-state index in [1.165, 1.54) is 6.20 Å². The molecule has 35 heavy (non-hydrogen) atoms. The molecule has 0 aromatic carbocycles. The standard InChI is InChI=1S/C24H32N6O5/c1-14(2)26-23(33)19-9-15(3)21-22(27-19)30(16-5-4-8-29(21)11-16)24(34)28-20-10-18(6-7-25-20)35-13-17(32)12-31/h6-7,9-10,14,16-17,31-32H,4-5,8,11-13H2,1-3H3,(H,26,33)(H,25,28,34)/t16-,17+/m0/s1. The van der Waals surface area contributed by atoms with Crippen LogP contribution in [0.5, 0.6) is 5.75 Å². The summed E-state index contributed by atoms with van der Waals surface area (Å²) in [4.78, 5) is 39.0. The Morgan fingerprint density at radius 2 is 2.11 bits per heavy atom. The fourth-order valence-electron chi connectivity index (χ4n) is 4.45. The molecular formula is C24H32N6O5. The average Bonchev–Trinajstić information content (AvgIpc) is 2.82. The molecule has 1 fully saturated rings. The highest BCUT2D eigenvalue weighted by Crippen LogP contribution is 2.40. The highest BCUT2D eigenvalue weighted by atomic mass is 16.5. The molecule has 4 rings (SSSR count). The van der Waals surface area contributed by atoms with Crippen LogP contribution in [0.15, 0.2) is 24.4 Å². The van der Waals surface area contributed by atoms with E-state index in [-0.39, 0.29) is 36.1 Å². The highest BCUT2D eigenvalue weighted by Gasteiger charge is 2.39. The van der Waals surface area contributed by atoms with Gasteiger partial charge in [0.2, 0.25) is 0 Å². The van der Waals surface area contributed by atoms with Crippen molar-refractivity contribution in [2.45, 2.75) is 51.8 Å². The predicted molar refractivity (Wildman–Crippen MR) is 131 cm³/mol. The van der Waals surface area contributed by atoms with Gasteiger partial charge in [0.1, 0.15) is 30.0 Å². The number of piperidine rings is 1. The number of carbonyl (C=O) groups is 2. The first-order valence-corrected chi connectivity index (χ1v) is 11.8. The Balaban J connectivity index is 1.62. The molecule has 2 aliphatic heterocycles. The third-order valence-electron chi connectivity index (χ3n) is 5.96. The van der Waals surface area contributed by atoms with Gasteiger partial charge in [-0.05, 0) is 51.3 Å². The predicted octanol–water partition coefficient (Wildman–Crippen LogP) is 1.68. The lowest BCUT2D eigenvalue weighted by atomic mass is 9.98. The molecule has 0 saturated carbocycles. The number of nitrogens with one attached hydrogen (secondary N) is 2. The Morgan fingerprint density at radius 1 is 1.31 bits per heavy atom. The van der Waals surface area contributed by atoms with Gasteiger partial charge in [0.05, 0.1) is 18.3 Å². The van der Waals surface area contributed by atoms with Crippen LogP contribution in [0.4, 0.5) is 22.1 Å². The maximum Gasteiger partial charge on any atom is 0.329 e. The number of aliphatic hydroxyl groups is 2. The third-order valence-corrected chi connectivity index (χ3v) is 5.96. The summed E-state index contributed by atoms with van der Waals surface area (Å²) in [6.45, 7) is 6.76. The molecule has 4 N–H and O–H groups in total. The maximum atomic E-state index is 13.5. The van der Waals surface area contributed by atoms with Crippen LogP contribution in [0.2, 0.25) is 0 Å². The molecule has 2 aromatic heterocycles. The number of hydrogen-bond donors (Lipinski definition) is 4. The Bertz CT molecular complexity index is 1090. The number of rotatable bonds is 7. The summed E-state index contributed by atoms with van der Waals surface area (Å²) in [5.41, 5.74) is 2.02. The molecule has 11 nitrogen and oxygen atoms in total. The van der Waals surface area contributed by atoms with Crippen molar-refractivity contribution in [1.82, 2.24) is 15.3 Å². The summed E-state index contributed by atoms with van der Waals surface area (Å²) in [5.74, 6) is 0.850. The molecule has 188 valence electrons. The van der Waals surface area contributed by atoms with Crippen LogP contribution in [-0.2, 0) is 0 Å². The van der Waals surface area contributed by atoms with E-state index in [4.69, 9.17) is 9.84 Å². The Kier molecular flexibility index (Phi) is 7.37. The molecule has 0 unspecified atom stereocenters. The van der Waals surface area contributed by atoms with E-state index in [0.29, 0.717) is 18.1 Å². The van der Waals surface area contributed by atoms with E-state index >= 15 is 0 Å². The van der Waals surface area contributed by atoms with E-state index in [9.17, 15) is 14.7 Å². The first-order valence-electron chi connectivity index (χ1n) is 11.8. The van der Waals surface area contributed by atoms with Crippen molar-refractivity contribution in [1.29, 1.82) is 0 Å². The van der Waals surface area contributed by atoms with Crippen LogP contribution in [0.3, 0.4) is 0 Å². The fourth-order valence-corrected chi connectivity index (χ4v) is 4.45. The van der Waals surface area contributed by atoms with Crippen LogP contribution >= 0.6 is 0 Å². The average molecular weight is 485 g/mol. The van der Waals surface area contributed by atoms with Crippen LogP contribution in [0.25, 0.3) is 0 Å². The molecule has 2 aromatic rings. The topological polar surface area (TPSA) is 140 Å². The first kappa shape index (κ1) is 24.7. The van der Waals surface area contributed by atoms with E-state index < -0.39 is 18.7 Å². The lowest BCUT2D eigenvalue weighted by Gasteiger charge is -2.46. The van der Waals surface area contributed by atoms with E-state index in [0.717, 1.165) is 30.6 Å². The lowest BCUT2D eigenvalue weighted by molar-refractivity contribution is 0.0536. The number of pyridine rings is 2. The minimum absolute atomic E-state index is 0.0396. The second kappa shape index (κ2) is 10.4. The highest BCUT2D eigenvalue weighted by molar-refractivity contribution is 6.05. The van der Waals surface area contributed by atoms with Crippen LogP contribution < -0.4 is 25.2 Å². The second-order valence-electron chi connectivity index (χ2n) is 9.19. The van der Waals surface area contributed by atoms with Crippen LogP contribution in [0.1, 0.15) is 42.7 Å². The lowest BCUT2D eigenvalue weighted by Crippen LogP contribution is -2.56. The van der Waals surface area contributed by atoms with Crippen molar-refractivity contribution >= 4 is 29.3 Å². The summed E-state index contributed by atoms with van der Waals surface area (Å²) in [6, 6.07) is 4.38. The van der Waals surface area contributed by atoms with Crippen molar-refractivity contribution in [3.8, 4) is 5.75 Å². The van der Waals surface area contributed by atoms with Gasteiger partial charge in [-0.2, -0.15) is 0 Å². The van der Waals surface area contributed by atoms with Gasteiger partial charge in [0, 0.05) is 31.4 Å². The molecule has 4 heterocycles. The number of hydrogen-bond acceptors (Lipinski definition) is 8. The van der Waals surface area contributed by atoms with E-state index in [2.05, 4.69) is 25.5 Å². The van der Waals surface area contributed by atoms with Gasteiger partial charge in [-0.15, -0.1) is 0 Å². The number of amides is 3. The summed E-state index contributed by atoms with van der Waals surface area (Å²) in [6.07, 6.45) is 2.25. The zero-order valence-corrected chi connectivity index (χ0v) is 20.2. The van der Waals surface area contributed by atoms with E-state index in [1.807, 2.05) is 20.8 Å². The molecule has 0 spiro atoms. The van der Waals surface area contributed by atoms with Crippen LogP contribution in [0, 0.1) is 6.92 Å². The number of carbonyl (C=O) groups excluding carboxylic acids is 2. The molecule has 0 aliphatic carbocycles. The minimum atomic E-state index is -1.00. The smallest absolute Gasteiger partial charge is 0.329 e. The molecule has 2 aliphatic rings. The normalized spacial score (nSPS) is 17.6. The maximum absolute atomic E-state index is 13.5. The number of fused-ring (bicyclic) bond motifs is 4. The number of aliphatic hydroxyl groups excluding tert-OH is 2. The van der Waals surface area contributed by atoms with Crippen molar-refractivity contribution in [2.75, 3.05) is 41.4 Å². The number of nitrogens with zero attached hydrogens (tertiary/aromatic N) is 4. The minimum Gasteiger partial charge on any atom is -0.491 e. The molecule has 2 atom stereocenters. The Hall–Kier alpha value is -3.44. The number of aromatic nitrogens is 2. The zero-order chi connectivity index (χ0) is 25.1. The summed E-state index contributed by atoms with van der Waals surface area (Å²) in [7, 11) is 0. The summed E-state index contributed by atoms with van der Waals surface area (Å²) < 4.78 is 5.46. The number of anilines is 3. The second-order valence-corrected chi connectivity index (χ2v) is 9.19. The van der Waals surface area contributed by atoms with E-state index in [1.54, 1.807) is 23.1 Å². The quantitative estimate of drug-likeness (QED) is 0.465. The summed E-state index contributed by atoms with van der Waals surface area (Å²) in [5, 5.41) is 24.2. The van der Waals surface area contributed by atoms with Crippen molar-refractivity contribution in [3.05, 3.63) is 35.7 Å². The largest absolute Gasteiger partial charge is 0.491 e. The monoisotopic (exact) mass is 484 g/mol. The Labute approximate surface area is 204 Å². The van der Waals surface area contributed by atoms with Crippen molar-refractivity contribution < 1.29 is 24.5 Å². The van der Waals surface area contributed by atoms with Gasteiger partial charge < -0.3 is 25.2 Å². The van der Waals surface area contributed by atoms with Gasteiger partial charge in [-0.1, -0.05) is 0 Å². The van der Waals surface area contributed by atoms with Crippen molar-refractivity contribution in [3.63, 3.8) is 0 Å². The van der Waals surface area contributed by atoms with Gasteiger partial charge >= 0.3 is 6.03 Å². The molecule has 0 radical (unpaired) electrons. The van der Waals surface area contributed by atoms with Crippen molar-refractivity contribution in [2.24, 2.45) is 0 Å². The van der Waals surface area contributed by atoms with Gasteiger partial charge in [-0.25, -0.2) is 14.8 Å². The SMILES string of the molecule is Cc1cc(C(=O)NC(C)C)nc2c1N1CCC[C@@H](C1)N2C(=O)Nc1cc(OC[C@H](O)CO)ccn1. The number of urea groups is 1. The van der Waals surface area contributed by atoms with Gasteiger partial charge in [0.25, 0.3) is 5.91 Å². The third kappa shape index (κ3) is 5.46. The molecular weight excluding hydrogens is 452 g/mol. The van der Waals surface area contributed by atoms with Gasteiger partial charge in [-0.3, -0.25) is 15.0 Å². The molecule has 3 amide bonds. The number of aryl methyl sites for hydroxylation is 1. The first-order chi connectivity index (χ1) is 16.8. The fraction of sp³-hybridized carbons (Fsp3) is 0.500. The van der Waals surface area contributed by atoms with Gasteiger partial charge in [0.15, 0.2) is 5.82 Å². The molecule has 1 saturated heterocycles. The Morgan fingerprint density at radius 3 is 2.86 bits per heavy atom. The van der Waals surface area contributed by atoms with Crippen LogP contribution in [-0.4, -0.2) is 76.6 Å². The number of ether oxygens (including phenoxy) is 1. The molecule has 11 heteroatoms. The zero-order valence-electron chi connectivity index (χ0n) is 20.2. The summed E-state index contributed by atoms with van der Waals surface area (Å²) >= 11 is 0. The molecule has 2 bridgehead atoms.